The Kier molecular flexibility index (Phi) is 5.00. The van der Waals surface area contributed by atoms with E-state index in [0.717, 1.165) is 47.8 Å². The molecule has 1 aromatic heterocycles. The van der Waals surface area contributed by atoms with E-state index in [4.69, 9.17) is 0 Å². The van der Waals surface area contributed by atoms with Crippen molar-refractivity contribution in [3.05, 3.63) is 65.4 Å². The lowest BCUT2D eigenvalue weighted by Crippen LogP contribution is -2.16. The van der Waals surface area contributed by atoms with Crippen molar-refractivity contribution in [3.63, 3.8) is 0 Å². The van der Waals surface area contributed by atoms with E-state index in [1.54, 1.807) is 16.1 Å². The molecule has 4 heteroatoms. The summed E-state index contributed by atoms with van der Waals surface area (Å²) in [5.74, 6) is 0. The zero-order valence-electron chi connectivity index (χ0n) is 15.1. The van der Waals surface area contributed by atoms with Gasteiger partial charge >= 0.3 is 0 Å². The Labute approximate surface area is 150 Å². The highest BCUT2D eigenvalue weighted by Crippen LogP contribution is 2.32. The van der Waals surface area contributed by atoms with E-state index in [2.05, 4.69) is 13.8 Å². The molecule has 0 saturated heterocycles. The number of nitrogens with zero attached hydrogens (tertiary/aromatic N) is 1. The maximum atomic E-state index is 13.4. The molecule has 0 amide bonds. The summed E-state index contributed by atoms with van der Waals surface area (Å²) in [5, 5.41) is 1.06. The number of rotatable bonds is 6. The van der Waals surface area contributed by atoms with Gasteiger partial charge in [0.05, 0.1) is 10.4 Å². The molecule has 0 N–H and O–H groups in total. The fraction of sp³-hybridized carbons (Fsp3) is 0.333. The van der Waals surface area contributed by atoms with Gasteiger partial charge in [0.15, 0.2) is 0 Å². The van der Waals surface area contributed by atoms with Gasteiger partial charge in [0, 0.05) is 11.1 Å². The van der Waals surface area contributed by atoms with Crippen LogP contribution in [0, 0.1) is 6.92 Å². The minimum absolute atomic E-state index is 0.347. The zero-order chi connectivity index (χ0) is 18.0. The number of benzene rings is 2. The number of aryl methyl sites for hydroxylation is 2. The molecular weight excluding hydrogens is 330 g/mol. The van der Waals surface area contributed by atoms with Crippen LogP contribution >= 0.6 is 0 Å². The molecule has 1 heterocycles. The minimum atomic E-state index is -3.62. The second kappa shape index (κ2) is 7.04. The van der Waals surface area contributed by atoms with E-state index in [1.165, 1.54) is 5.56 Å². The quantitative estimate of drug-likeness (QED) is 0.618. The van der Waals surface area contributed by atoms with E-state index in [1.807, 2.05) is 43.3 Å². The Morgan fingerprint density at radius 1 is 0.880 bits per heavy atom. The van der Waals surface area contributed by atoms with Gasteiger partial charge in [-0.05, 0) is 43.5 Å². The predicted molar refractivity (Wildman–Crippen MR) is 104 cm³/mol. The number of para-hydroxylation sites is 1. The molecule has 0 bridgehead atoms. The van der Waals surface area contributed by atoms with Crippen molar-refractivity contribution in [2.75, 3.05) is 0 Å². The van der Waals surface area contributed by atoms with Crippen LogP contribution in [0.2, 0.25) is 0 Å². The SMILES string of the molecule is CCCc1c(CCC)n(S(=O)(=O)c2ccc(C)cc2)c2ccccc12. The first-order chi connectivity index (χ1) is 12.0. The lowest BCUT2D eigenvalue weighted by molar-refractivity contribution is 0.586. The van der Waals surface area contributed by atoms with Gasteiger partial charge < -0.3 is 0 Å². The summed E-state index contributed by atoms with van der Waals surface area (Å²) >= 11 is 0. The minimum Gasteiger partial charge on any atom is -0.238 e. The van der Waals surface area contributed by atoms with Crippen LogP contribution in [-0.4, -0.2) is 12.4 Å². The zero-order valence-corrected chi connectivity index (χ0v) is 15.9. The molecule has 2 aromatic carbocycles. The lowest BCUT2D eigenvalue weighted by Gasteiger charge is -2.13. The van der Waals surface area contributed by atoms with E-state index in [0.29, 0.717) is 4.90 Å². The van der Waals surface area contributed by atoms with E-state index in [-0.39, 0.29) is 0 Å². The second-order valence-electron chi connectivity index (χ2n) is 6.52. The van der Waals surface area contributed by atoms with Crippen LogP contribution in [0.3, 0.4) is 0 Å². The van der Waals surface area contributed by atoms with Crippen LogP contribution in [0.1, 0.15) is 43.5 Å². The first-order valence-corrected chi connectivity index (χ1v) is 10.4. The fourth-order valence-electron chi connectivity index (χ4n) is 3.44. The van der Waals surface area contributed by atoms with Crippen molar-refractivity contribution in [3.8, 4) is 0 Å². The molecule has 0 saturated carbocycles. The van der Waals surface area contributed by atoms with Crippen LogP contribution in [0.4, 0.5) is 0 Å². The number of hydrogen-bond acceptors (Lipinski definition) is 2. The molecule has 0 fully saturated rings. The molecule has 0 spiro atoms. The molecule has 0 radical (unpaired) electrons. The monoisotopic (exact) mass is 355 g/mol. The van der Waals surface area contributed by atoms with E-state index >= 15 is 0 Å². The van der Waals surface area contributed by atoms with E-state index < -0.39 is 10.0 Å². The summed E-state index contributed by atoms with van der Waals surface area (Å²) in [4.78, 5) is 0.347. The van der Waals surface area contributed by atoms with Crippen LogP contribution in [0.15, 0.2) is 53.4 Å². The Morgan fingerprint density at radius 2 is 1.52 bits per heavy atom. The molecule has 0 atom stereocenters. The molecule has 0 unspecified atom stereocenters. The summed E-state index contributed by atoms with van der Waals surface area (Å²) in [6.07, 6.45) is 3.56. The Hall–Kier alpha value is -2.07. The van der Waals surface area contributed by atoms with Gasteiger partial charge in [-0.1, -0.05) is 62.6 Å². The molecule has 3 nitrogen and oxygen atoms in total. The summed E-state index contributed by atoms with van der Waals surface area (Å²) < 4.78 is 28.5. The van der Waals surface area contributed by atoms with Crippen LogP contribution in [-0.2, 0) is 22.9 Å². The molecule has 0 aliphatic carbocycles. The van der Waals surface area contributed by atoms with Crippen LogP contribution in [0.25, 0.3) is 10.9 Å². The standard InChI is InChI=1S/C21H25NO2S/c1-4-8-18-19-10-6-7-11-21(19)22(20(18)9-5-2)25(23,24)17-14-12-16(3)13-15-17/h6-7,10-15H,4-5,8-9H2,1-3H3. The third kappa shape index (κ3) is 3.11. The Bertz CT molecular complexity index is 983. The largest absolute Gasteiger partial charge is 0.268 e. The smallest absolute Gasteiger partial charge is 0.238 e. The normalized spacial score (nSPS) is 12.0. The third-order valence-corrected chi connectivity index (χ3v) is 6.35. The van der Waals surface area contributed by atoms with Gasteiger partial charge in [0.2, 0.25) is 0 Å². The van der Waals surface area contributed by atoms with Gasteiger partial charge in [-0.25, -0.2) is 12.4 Å². The predicted octanol–water partition coefficient (Wildman–Crippen LogP) is 5.09. The van der Waals surface area contributed by atoms with Gasteiger partial charge in [-0.3, -0.25) is 0 Å². The first-order valence-electron chi connectivity index (χ1n) is 8.94. The summed E-state index contributed by atoms with van der Waals surface area (Å²) in [5.41, 5.74) is 3.95. The highest BCUT2D eigenvalue weighted by atomic mass is 32.2. The Balaban J connectivity index is 2.34. The number of aromatic nitrogens is 1. The highest BCUT2D eigenvalue weighted by molar-refractivity contribution is 7.90. The average Bonchev–Trinajstić information content (AvgIpc) is 2.90. The maximum absolute atomic E-state index is 13.4. The van der Waals surface area contributed by atoms with Gasteiger partial charge in [-0.2, -0.15) is 0 Å². The first kappa shape index (κ1) is 17.7. The summed E-state index contributed by atoms with van der Waals surface area (Å²) in [6, 6.07) is 15.0. The van der Waals surface area contributed by atoms with Crippen molar-refractivity contribution >= 4 is 20.9 Å². The van der Waals surface area contributed by atoms with Crippen molar-refractivity contribution in [2.45, 2.75) is 51.3 Å². The second-order valence-corrected chi connectivity index (χ2v) is 8.31. The highest BCUT2D eigenvalue weighted by Gasteiger charge is 2.25. The maximum Gasteiger partial charge on any atom is 0.268 e. The Morgan fingerprint density at radius 3 is 2.16 bits per heavy atom. The molecule has 3 aromatic rings. The molecule has 0 aliphatic rings. The fourth-order valence-corrected chi connectivity index (χ4v) is 5.04. The van der Waals surface area contributed by atoms with Crippen LogP contribution in [0.5, 0.6) is 0 Å². The third-order valence-electron chi connectivity index (χ3n) is 4.59. The topological polar surface area (TPSA) is 39.1 Å². The van der Waals surface area contributed by atoms with Crippen molar-refractivity contribution in [1.29, 1.82) is 0 Å². The molecule has 25 heavy (non-hydrogen) atoms. The number of fused-ring (bicyclic) bond motifs is 1. The number of hydrogen-bond donors (Lipinski definition) is 0. The van der Waals surface area contributed by atoms with Crippen LogP contribution < -0.4 is 0 Å². The van der Waals surface area contributed by atoms with Crippen molar-refractivity contribution < 1.29 is 8.42 Å². The van der Waals surface area contributed by atoms with Crippen molar-refractivity contribution in [2.24, 2.45) is 0 Å². The van der Waals surface area contributed by atoms with Gasteiger partial charge in [-0.15, -0.1) is 0 Å². The average molecular weight is 356 g/mol. The van der Waals surface area contributed by atoms with Crippen molar-refractivity contribution in [1.82, 2.24) is 3.97 Å². The van der Waals surface area contributed by atoms with E-state index in [9.17, 15) is 8.42 Å². The summed E-state index contributed by atoms with van der Waals surface area (Å²) in [6.45, 7) is 6.19. The van der Waals surface area contributed by atoms with Gasteiger partial charge in [0.1, 0.15) is 0 Å². The molecule has 132 valence electrons. The van der Waals surface area contributed by atoms with Gasteiger partial charge in [0.25, 0.3) is 10.0 Å². The lowest BCUT2D eigenvalue weighted by atomic mass is 10.0. The molecular formula is C21H25NO2S. The summed E-state index contributed by atoms with van der Waals surface area (Å²) in [7, 11) is -3.62. The molecule has 0 aliphatic heterocycles. The molecule has 3 rings (SSSR count).